The van der Waals surface area contributed by atoms with Crippen LogP contribution in [0.2, 0.25) is 5.02 Å². The van der Waals surface area contributed by atoms with E-state index in [1.54, 1.807) is 16.9 Å². The van der Waals surface area contributed by atoms with Crippen LogP contribution in [-0.2, 0) is 0 Å². The van der Waals surface area contributed by atoms with Gasteiger partial charge in [0.05, 0.1) is 11.2 Å². The van der Waals surface area contributed by atoms with Gasteiger partial charge >= 0.3 is 0 Å². The molecule has 4 nitrogen and oxygen atoms in total. The van der Waals surface area contributed by atoms with E-state index in [1.807, 2.05) is 13.8 Å². The van der Waals surface area contributed by atoms with Crippen LogP contribution >= 0.6 is 43.5 Å². The normalized spacial score (nSPS) is 11.1. The minimum Gasteiger partial charge on any atom is -0.285 e. The van der Waals surface area contributed by atoms with E-state index in [0.717, 1.165) is 4.47 Å². The Morgan fingerprint density at radius 1 is 1.37 bits per heavy atom. The zero-order chi connectivity index (χ0) is 14.2. The first-order valence-electron chi connectivity index (χ1n) is 5.50. The Labute approximate surface area is 132 Å². The van der Waals surface area contributed by atoms with E-state index in [4.69, 9.17) is 11.6 Å². The van der Waals surface area contributed by atoms with Gasteiger partial charge < -0.3 is 0 Å². The molecule has 2 heterocycles. The molecule has 2 aromatic heterocycles. The Balaban J connectivity index is 2.53. The van der Waals surface area contributed by atoms with Crippen LogP contribution in [0.3, 0.4) is 0 Å². The minimum absolute atomic E-state index is 0.0423. The quantitative estimate of drug-likeness (QED) is 0.714. The number of hydrogen-bond donors (Lipinski definition) is 0. The van der Waals surface area contributed by atoms with Crippen molar-refractivity contribution in [3.63, 3.8) is 0 Å². The minimum atomic E-state index is -0.254. The van der Waals surface area contributed by atoms with Crippen LogP contribution in [0.5, 0.6) is 0 Å². The molecule has 0 spiro atoms. The predicted octanol–water partition coefficient (Wildman–Crippen LogP) is 4.27. The number of halogens is 3. The van der Waals surface area contributed by atoms with E-state index in [2.05, 4.69) is 41.9 Å². The van der Waals surface area contributed by atoms with E-state index >= 15 is 0 Å². The van der Waals surface area contributed by atoms with Crippen molar-refractivity contribution in [3.05, 3.63) is 43.8 Å². The lowest BCUT2D eigenvalue weighted by Crippen LogP contribution is -2.15. The topological polar surface area (TPSA) is 47.8 Å². The van der Waals surface area contributed by atoms with E-state index < -0.39 is 0 Å². The van der Waals surface area contributed by atoms with Gasteiger partial charge in [-0.1, -0.05) is 11.6 Å². The molecule has 0 N–H and O–H groups in total. The second kappa shape index (κ2) is 5.73. The molecule has 0 aliphatic carbocycles. The van der Waals surface area contributed by atoms with Crippen LogP contribution in [0.4, 0.5) is 0 Å². The molecule has 7 heteroatoms. The summed E-state index contributed by atoms with van der Waals surface area (Å²) in [4.78, 5) is 16.7. The lowest BCUT2D eigenvalue weighted by molar-refractivity contribution is 0.102. The van der Waals surface area contributed by atoms with E-state index in [9.17, 15) is 4.79 Å². The van der Waals surface area contributed by atoms with Gasteiger partial charge in [0.1, 0.15) is 11.4 Å². The first kappa shape index (κ1) is 14.7. The molecule has 0 amide bonds. The number of ketones is 1. The molecule has 0 unspecified atom stereocenters. The zero-order valence-electron chi connectivity index (χ0n) is 10.2. The summed E-state index contributed by atoms with van der Waals surface area (Å²) in [5.41, 5.74) is 0.666. The molecule has 2 aromatic rings. The molecule has 0 fully saturated rings. The maximum atomic E-state index is 12.5. The summed E-state index contributed by atoms with van der Waals surface area (Å²) in [7, 11) is 0. The number of carbonyl (C=O) groups is 1. The molecule has 0 saturated carbocycles. The van der Waals surface area contributed by atoms with Gasteiger partial charge in [-0.05, 0) is 51.8 Å². The van der Waals surface area contributed by atoms with Gasteiger partial charge in [-0.25, -0.2) is 0 Å². The van der Waals surface area contributed by atoms with Crippen LogP contribution in [0, 0.1) is 0 Å². The fourth-order valence-corrected chi connectivity index (χ4v) is 3.02. The molecule has 0 radical (unpaired) electrons. The summed E-state index contributed by atoms with van der Waals surface area (Å²) in [5, 5.41) is 4.45. The fourth-order valence-electron chi connectivity index (χ4n) is 1.64. The van der Waals surface area contributed by atoms with Gasteiger partial charge in [0.15, 0.2) is 0 Å². The van der Waals surface area contributed by atoms with Gasteiger partial charge in [0, 0.05) is 21.2 Å². The molecule has 0 bridgehead atoms. The smallest absolute Gasteiger partial charge is 0.232 e. The highest BCUT2D eigenvalue weighted by Crippen LogP contribution is 2.26. The van der Waals surface area contributed by atoms with Crippen molar-refractivity contribution in [2.45, 2.75) is 19.9 Å². The van der Waals surface area contributed by atoms with Crippen molar-refractivity contribution in [2.24, 2.45) is 0 Å². The van der Waals surface area contributed by atoms with Crippen molar-refractivity contribution in [3.8, 4) is 0 Å². The summed E-state index contributed by atoms with van der Waals surface area (Å²) in [6, 6.07) is 1.81. The summed E-state index contributed by atoms with van der Waals surface area (Å²) in [5.74, 6) is -0.254. The number of hydrogen-bond acceptors (Lipinski definition) is 3. The molecule has 19 heavy (non-hydrogen) atoms. The third kappa shape index (κ3) is 2.90. The molecular weight excluding hydrogens is 397 g/mol. The van der Waals surface area contributed by atoms with Crippen molar-refractivity contribution in [2.75, 3.05) is 0 Å². The first-order valence-corrected chi connectivity index (χ1v) is 7.47. The van der Waals surface area contributed by atoms with E-state index in [-0.39, 0.29) is 11.8 Å². The monoisotopic (exact) mass is 405 g/mol. The molecule has 0 saturated heterocycles. The number of aromatic nitrogens is 3. The maximum absolute atomic E-state index is 12.5. The first-order chi connectivity index (χ1) is 8.91. The highest BCUT2D eigenvalue weighted by Gasteiger charge is 2.23. The van der Waals surface area contributed by atoms with Crippen molar-refractivity contribution in [1.82, 2.24) is 14.8 Å². The second-order valence-corrected chi connectivity index (χ2v) is 6.37. The largest absolute Gasteiger partial charge is 0.285 e. The van der Waals surface area contributed by atoms with Gasteiger partial charge in [-0.15, -0.1) is 0 Å². The van der Waals surface area contributed by atoms with Gasteiger partial charge in [-0.2, -0.15) is 5.10 Å². The predicted molar refractivity (Wildman–Crippen MR) is 80.7 cm³/mol. The molecule has 0 atom stereocenters. The average Bonchev–Trinajstić information content (AvgIpc) is 2.70. The number of carbonyl (C=O) groups excluding carboxylic acids is 1. The SMILES string of the molecule is CC(C)n1ncc(Cl)c1C(=O)c1ncc(Br)cc1Br. The summed E-state index contributed by atoms with van der Waals surface area (Å²) in [6.45, 7) is 3.87. The van der Waals surface area contributed by atoms with Crippen LogP contribution in [0.15, 0.2) is 27.4 Å². The summed E-state index contributed by atoms with van der Waals surface area (Å²) < 4.78 is 3.00. The average molecular weight is 407 g/mol. The van der Waals surface area contributed by atoms with Gasteiger partial charge in [0.2, 0.25) is 5.78 Å². The second-order valence-electron chi connectivity index (χ2n) is 4.19. The number of nitrogens with zero attached hydrogens (tertiary/aromatic N) is 3. The third-order valence-electron chi connectivity index (χ3n) is 2.48. The van der Waals surface area contributed by atoms with Crippen LogP contribution < -0.4 is 0 Å². The lowest BCUT2D eigenvalue weighted by Gasteiger charge is -2.11. The molecule has 0 aliphatic heterocycles. The van der Waals surface area contributed by atoms with Crippen LogP contribution in [0.1, 0.15) is 36.1 Å². The highest BCUT2D eigenvalue weighted by molar-refractivity contribution is 9.11. The fraction of sp³-hybridized carbons (Fsp3) is 0.250. The molecule has 0 aromatic carbocycles. The van der Waals surface area contributed by atoms with Crippen LogP contribution in [0.25, 0.3) is 0 Å². The lowest BCUT2D eigenvalue weighted by atomic mass is 10.2. The molecule has 100 valence electrons. The summed E-state index contributed by atoms with van der Waals surface area (Å²) in [6.07, 6.45) is 3.05. The van der Waals surface area contributed by atoms with Crippen molar-refractivity contribution in [1.29, 1.82) is 0 Å². The number of pyridine rings is 1. The summed E-state index contributed by atoms with van der Waals surface area (Å²) >= 11 is 12.7. The standard InChI is InChI=1S/C12H10Br2ClN3O/c1-6(2)18-11(9(15)5-17-18)12(19)10-8(14)3-7(13)4-16-10/h3-6H,1-2H3. The van der Waals surface area contributed by atoms with Crippen molar-refractivity contribution >= 4 is 49.2 Å². The van der Waals surface area contributed by atoms with Gasteiger partial charge in [-0.3, -0.25) is 14.5 Å². The molecular formula is C12H10Br2ClN3O. The molecule has 0 aliphatic rings. The van der Waals surface area contributed by atoms with Gasteiger partial charge in [0.25, 0.3) is 0 Å². The maximum Gasteiger partial charge on any atom is 0.232 e. The Morgan fingerprint density at radius 3 is 2.63 bits per heavy atom. The van der Waals surface area contributed by atoms with Crippen LogP contribution in [-0.4, -0.2) is 20.5 Å². The zero-order valence-corrected chi connectivity index (χ0v) is 14.1. The van der Waals surface area contributed by atoms with E-state index in [0.29, 0.717) is 20.9 Å². The Hall–Kier alpha value is -0.720. The highest BCUT2D eigenvalue weighted by atomic mass is 79.9. The Kier molecular flexibility index (Phi) is 4.43. The number of rotatable bonds is 3. The third-order valence-corrected chi connectivity index (χ3v) is 3.79. The van der Waals surface area contributed by atoms with Crippen molar-refractivity contribution < 1.29 is 4.79 Å². The Bertz CT molecular complexity index is 640. The van der Waals surface area contributed by atoms with E-state index in [1.165, 1.54) is 6.20 Å². The Morgan fingerprint density at radius 2 is 2.05 bits per heavy atom. The molecule has 2 rings (SSSR count).